The smallest absolute Gasteiger partial charge is 0.240 e. The number of sulfonamides is 1. The summed E-state index contributed by atoms with van der Waals surface area (Å²) < 4.78 is 33.4. The molecule has 1 aliphatic heterocycles. The predicted molar refractivity (Wildman–Crippen MR) is 114 cm³/mol. The number of carbonyl (C=O) groups excluding carboxylic acids is 1. The van der Waals surface area contributed by atoms with E-state index in [0.29, 0.717) is 13.0 Å². The van der Waals surface area contributed by atoms with Gasteiger partial charge in [0.2, 0.25) is 15.9 Å². The SMILES string of the molecule is CC(C)(C)c1ccccc1OCCNS(=O)(=O)c1ccc(N2CCCC2=O)cc1. The van der Waals surface area contributed by atoms with Gasteiger partial charge in [-0.05, 0) is 47.7 Å². The summed E-state index contributed by atoms with van der Waals surface area (Å²) in [7, 11) is -3.64. The summed E-state index contributed by atoms with van der Waals surface area (Å²) in [6.45, 7) is 7.39. The van der Waals surface area contributed by atoms with Gasteiger partial charge >= 0.3 is 0 Å². The lowest BCUT2D eigenvalue weighted by Gasteiger charge is -2.22. The highest BCUT2D eigenvalue weighted by Gasteiger charge is 2.22. The maximum absolute atomic E-state index is 12.5. The van der Waals surface area contributed by atoms with Crippen LogP contribution in [-0.4, -0.2) is 34.0 Å². The van der Waals surface area contributed by atoms with Crippen LogP contribution >= 0.6 is 0 Å². The molecular formula is C22H28N2O4S. The molecule has 0 unspecified atom stereocenters. The van der Waals surface area contributed by atoms with Crippen molar-refractivity contribution in [3.05, 3.63) is 54.1 Å². The van der Waals surface area contributed by atoms with Crippen LogP contribution in [0, 0.1) is 0 Å². The number of ether oxygens (including phenoxy) is 1. The Morgan fingerprint density at radius 2 is 1.76 bits per heavy atom. The van der Waals surface area contributed by atoms with Gasteiger partial charge in [0.15, 0.2) is 0 Å². The Balaban J connectivity index is 1.58. The van der Waals surface area contributed by atoms with Crippen molar-refractivity contribution in [3.63, 3.8) is 0 Å². The molecule has 29 heavy (non-hydrogen) atoms. The number of nitrogens with zero attached hydrogens (tertiary/aromatic N) is 1. The highest BCUT2D eigenvalue weighted by Crippen LogP contribution is 2.30. The molecule has 0 aromatic heterocycles. The van der Waals surface area contributed by atoms with E-state index in [0.717, 1.165) is 23.4 Å². The zero-order valence-electron chi connectivity index (χ0n) is 17.1. The van der Waals surface area contributed by atoms with Crippen molar-refractivity contribution < 1.29 is 17.9 Å². The Morgan fingerprint density at radius 3 is 2.38 bits per heavy atom. The molecule has 1 heterocycles. The van der Waals surface area contributed by atoms with E-state index in [1.165, 1.54) is 12.1 Å². The molecule has 1 aliphatic rings. The Bertz CT molecular complexity index is 963. The number of rotatable bonds is 7. The molecule has 6 nitrogen and oxygen atoms in total. The summed E-state index contributed by atoms with van der Waals surface area (Å²) in [6, 6.07) is 14.2. The van der Waals surface area contributed by atoms with E-state index in [4.69, 9.17) is 4.74 Å². The number of anilines is 1. The van der Waals surface area contributed by atoms with Crippen LogP contribution in [0.15, 0.2) is 53.4 Å². The molecule has 0 radical (unpaired) electrons. The van der Waals surface area contributed by atoms with Crippen LogP contribution in [0.3, 0.4) is 0 Å². The summed E-state index contributed by atoms with van der Waals surface area (Å²) in [4.78, 5) is 13.7. The van der Waals surface area contributed by atoms with Crippen molar-refractivity contribution in [1.82, 2.24) is 4.72 Å². The second-order valence-electron chi connectivity index (χ2n) is 8.14. The van der Waals surface area contributed by atoms with E-state index in [-0.39, 0.29) is 29.4 Å². The summed E-state index contributed by atoms with van der Waals surface area (Å²) in [5.74, 6) is 0.838. The van der Waals surface area contributed by atoms with E-state index < -0.39 is 10.0 Å². The zero-order valence-corrected chi connectivity index (χ0v) is 18.0. The summed E-state index contributed by atoms with van der Waals surface area (Å²) in [5.41, 5.74) is 1.75. The fourth-order valence-corrected chi connectivity index (χ4v) is 4.37. The number of para-hydroxylation sites is 1. The molecule has 0 saturated carbocycles. The lowest BCUT2D eigenvalue weighted by molar-refractivity contribution is -0.117. The molecule has 1 amide bonds. The molecule has 1 saturated heterocycles. The first kappa shape index (κ1) is 21.3. The third-order valence-electron chi connectivity index (χ3n) is 4.88. The maximum Gasteiger partial charge on any atom is 0.240 e. The topological polar surface area (TPSA) is 75.7 Å². The van der Waals surface area contributed by atoms with Gasteiger partial charge in [-0.1, -0.05) is 39.0 Å². The lowest BCUT2D eigenvalue weighted by Crippen LogP contribution is -2.29. The van der Waals surface area contributed by atoms with Gasteiger partial charge in [-0.15, -0.1) is 0 Å². The molecule has 156 valence electrons. The molecule has 2 aromatic rings. The highest BCUT2D eigenvalue weighted by atomic mass is 32.2. The first-order valence-electron chi connectivity index (χ1n) is 9.81. The average molecular weight is 417 g/mol. The maximum atomic E-state index is 12.5. The number of hydrogen-bond acceptors (Lipinski definition) is 4. The summed E-state index contributed by atoms with van der Waals surface area (Å²) in [6.07, 6.45) is 1.37. The van der Waals surface area contributed by atoms with E-state index in [1.807, 2.05) is 24.3 Å². The fraction of sp³-hybridized carbons (Fsp3) is 0.409. The third-order valence-corrected chi connectivity index (χ3v) is 6.36. The highest BCUT2D eigenvalue weighted by molar-refractivity contribution is 7.89. The van der Waals surface area contributed by atoms with Gasteiger partial charge < -0.3 is 9.64 Å². The molecule has 2 aromatic carbocycles. The van der Waals surface area contributed by atoms with Gasteiger partial charge in [0.25, 0.3) is 0 Å². The average Bonchev–Trinajstić information content (AvgIpc) is 3.11. The molecule has 0 bridgehead atoms. The predicted octanol–water partition coefficient (Wildman–Crippen LogP) is 3.47. The van der Waals surface area contributed by atoms with Crippen LogP contribution in [0.2, 0.25) is 0 Å². The monoisotopic (exact) mass is 416 g/mol. The minimum absolute atomic E-state index is 0.0609. The van der Waals surface area contributed by atoms with Gasteiger partial charge in [-0.25, -0.2) is 13.1 Å². The van der Waals surface area contributed by atoms with Crippen molar-refractivity contribution in [1.29, 1.82) is 0 Å². The first-order valence-corrected chi connectivity index (χ1v) is 11.3. The molecular weight excluding hydrogens is 388 g/mol. The lowest BCUT2D eigenvalue weighted by atomic mass is 9.86. The minimum Gasteiger partial charge on any atom is -0.492 e. The molecule has 0 spiro atoms. The van der Waals surface area contributed by atoms with E-state index >= 15 is 0 Å². The quantitative estimate of drug-likeness (QED) is 0.702. The van der Waals surface area contributed by atoms with Gasteiger partial charge in [0.1, 0.15) is 12.4 Å². The normalized spacial score (nSPS) is 15.0. The molecule has 0 aliphatic carbocycles. The van der Waals surface area contributed by atoms with Gasteiger partial charge in [0.05, 0.1) is 4.90 Å². The van der Waals surface area contributed by atoms with Gasteiger partial charge in [-0.3, -0.25) is 4.79 Å². The Morgan fingerprint density at radius 1 is 1.07 bits per heavy atom. The van der Waals surface area contributed by atoms with Gasteiger partial charge in [0, 0.05) is 25.2 Å². The molecule has 3 rings (SSSR count). The number of carbonyl (C=O) groups is 1. The van der Waals surface area contributed by atoms with Crippen LogP contribution in [0.25, 0.3) is 0 Å². The van der Waals surface area contributed by atoms with Crippen molar-refractivity contribution in [3.8, 4) is 5.75 Å². The number of hydrogen-bond donors (Lipinski definition) is 1. The standard InChI is InChI=1S/C22H28N2O4S/c1-22(2,3)19-7-4-5-8-20(19)28-16-14-23-29(26,27)18-12-10-17(11-13-18)24-15-6-9-21(24)25/h4-5,7-8,10-13,23H,6,9,14-16H2,1-3H3. The fourth-order valence-electron chi connectivity index (χ4n) is 3.36. The minimum atomic E-state index is -3.64. The number of nitrogens with one attached hydrogen (secondary N) is 1. The van der Waals surface area contributed by atoms with E-state index in [2.05, 4.69) is 25.5 Å². The van der Waals surface area contributed by atoms with Crippen molar-refractivity contribution in [2.24, 2.45) is 0 Å². The number of amides is 1. The third kappa shape index (κ3) is 5.16. The Kier molecular flexibility index (Phi) is 6.29. The zero-order chi connectivity index (χ0) is 21.1. The van der Waals surface area contributed by atoms with Crippen molar-refractivity contribution >= 4 is 21.6 Å². The van der Waals surface area contributed by atoms with Crippen LogP contribution in [0.4, 0.5) is 5.69 Å². The number of benzene rings is 2. The summed E-state index contributed by atoms with van der Waals surface area (Å²) in [5, 5.41) is 0. The molecule has 7 heteroatoms. The van der Waals surface area contributed by atoms with E-state index in [9.17, 15) is 13.2 Å². The van der Waals surface area contributed by atoms with Crippen LogP contribution < -0.4 is 14.4 Å². The first-order chi connectivity index (χ1) is 13.7. The second-order valence-corrected chi connectivity index (χ2v) is 9.90. The second kappa shape index (κ2) is 8.55. The summed E-state index contributed by atoms with van der Waals surface area (Å²) >= 11 is 0. The molecule has 0 atom stereocenters. The van der Waals surface area contributed by atoms with Crippen LogP contribution in [0.5, 0.6) is 5.75 Å². The van der Waals surface area contributed by atoms with Crippen molar-refractivity contribution in [2.45, 2.75) is 43.9 Å². The molecule has 1 N–H and O–H groups in total. The van der Waals surface area contributed by atoms with E-state index in [1.54, 1.807) is 17.0 Å². The Hall–Kier alpha value is -2.38. The largest absolute Gasteiger partial charge is 0.492 e. The Labute approximate surface area is 172 Å². The van der Waals surface area contributed by atoms with Crippen LogP contribution in [0.1, 0.15) is 39.2 Å². The van der Waals surface area contributed by atoms with Crippen LogP contribution in [-0.2, 0) is 20.2 Å². The van der Waals surface area contributed by atoms with Crippen molar-refractivity contribution in [2.75, 3.05) is 24.6 Å². The van der Waals surface area contributed by atoms with Gasteiger partial charge in [-0.2, -0.15) is 0 Å². The molecule has 1 fully saturated rings.